The predicted octanol–water partition coefficient (Wildman–Crippen LogP) is 4.12. The number of ether oxygens (including phenoxy) is 2. The van der Waals surface area contributed by atoms with Crippen molar-refractivity contribution in [2.75, 3.05) is 0 Å². The Morgan fingerprint density at radius 2 is 2.20 bits per heavy atom. The Morgan fingerprint density at radius 3 is 2.92 bits per heavy atom. The predicted molar refractivity (Wildman–Crippen MR) is 95.6 cm³/mol. The molecule has 1 heterocycles. The second-order valence-corrected chi connectivity index (χ2v) is 7.95. The van der Waals surface area contributed by atoms with Crippen molar-refractivity contribution in [1.29, 1.82) is 0 Å². The average Bonchev–Trinajstić information content (AvgIpc) is 2.83. The van der Waals surface area contributed by atoms with Gasteiger partial charge in [0.05, 0.1) is 0 Å². The van der Waals surface area contributed by atoms with E-state index in [1.54, 1.807) is 0 Å². The summed E-state index contributed by atoms with van der Waals surface area (Å²) in [6.45, 7) is 12.5. The maximum absolute atomic E-state index is 12.0. The van der Waals surface area contributed by atoms with Gasteiger partial charge in [-0.05, 0) is 49.0 Å². The third kappa shape index (κ3) is 3.31. The quantitative estimate of drug-likeness (QED) is 0.437. The van der Waals surface area contributed by atoms with Gasteiger partial charge in [-0.15, -0.1) is 0 Å². The van der Waals surface area contributed by atoms with E-state index in [2.05, 4.69) is 27.0 Å². The highest BCUT2D eigenvalue weighted by Gasteiger charge is 2.54. The molecule has 2 aliphatic carbocycles. The summed E-state index contributed by atoms with van der Waals surface area (Å²) in [6, 6.07) is 0. The molecule has 0 aromatic carbocycles. The number of carbonyl (C=O) groups excluding carboxylic acids is 2. The van der Waals surface area contributed by atoms with E-state index in [0.717, 1.165) is 44.1 Å². The smallest absolute Gasteiger partial charge is 0.334 e. The van der Waals surface area contributed by atoms with Crippen molar-refractivity contribution in [2.24, 2.45) is 17.3 Å². The minimum Gasteiger partial charge on any atom is -0.458 e. The topological polar surface area (TPSA) is 52.6 Å². The van der Waals surface area contributed by atoms with Crippen LogP contribution in [0.1, 0.15) is 52.4 Å². The molecule has 3 aliphatic rings. The first kappa shape index (κ1) is 18.0. The van der Waals surface area contributed by atoms with E-state index in [1.807, 2.05) is 6.08 Å². The molecule has 3 rings (SSSR count). The lowest BCUT2D eigenvalue weighted by Crippen LogP contribution is -2.47. The summed E-state index contributed by atoms with van der Waals surface area (Å²) in [5, 5.41) is 0. The molecule has 0 N–H and O–H groups in total. The number of carbonyl (C=O) groups is 2. The van der Waals surface area contributed by atoms with Gasteiger partial charge >= 0.3 is 11.9 Å². The van der Waals surface area contributed by atoms with E-state index in [-0.39, 0.29) is 41.4 Å². The summed E-state index contributed by atoms with van der Waals surface area (Å²) in [5.41, 5.74) is 1.61. The number of hydrogen-bond acceptors (Lipinski definition) is 4. The second kappa shape index (κ2) is 6.81. The van der Waals surface area contributed by atoms with E-state index in [4.69, 9.17) is 9.47 Å². The van der Waals surface area contributed by atoms with Crippen molar-refractivity contribution in [3.05, 3.63) is 36.5 Å². The molecule has 1 aliphatic heterocycles. The molecule has 0 radical (unpaired) electrons. The average molecular weight is 344 g/mol. The number of hydrogen-bond donors (Lipinski definition) is 0. The Hall–Kier alpha value is -1.84. The van der Waals surface area contributed by atoms with Gasteiger partial charge in [0.1, 0.15) is 12.2 Å². The third-order valence-corrected chi connectivity index (χ3v) is 6.22. The maximum atomic E-state index is 12.0. The molecule has 25 heavy (non-hydrogen) atoms. The zero-order chi connectivity index (χ0) is 18.2. The molecule has 0 bridgehead atoms. The van der Waals surface area contributed by atoms with E-state index >= 15 is 0 Å². The minimum atomic E-state index is -0.291. The molecule has 4 heteroatoms. The largest absolute Gasteiger partial charge is 0.458 e. The van der Waals surface area contributed by atoms with Gasteiger partial charge in [0.15, 0.2) is 0 Å². The fourth-order valence-corrected chi connectivity index (χ4v) is 4.70. The fraction of sp³-hybridized carbons (Fsp3) is 0.619. The van der Waals surface area contributed by atoms with Gasteiger partial charge in [-0.2, -0.15) is 0 Å². The Kier molecular flexibility index (Phi) is 4.90. The van der Waals surface area contributed by atoms with Crippen LogP contribution in [0.2, 0.25) is 0 Å². The van der Waals surface area contributed by atoms with Crippen LogP contribution in [0.3, 0.4) is 0 Å². The Morgan fingerprint density at radius 1 is 1.44 bits per heavy atom. The van der Waals surface area contributed by atoms with Crippen LogP contribution in [0.25, 0.3) is 0 Å². The van der Waals surface area contributed by atoms with E-state index < -0.39 is 0 Å². The zero-order valence-corrected chi connectivity index (χ0v) is 15.3. The summed E-state index contributed by atoms with van der Waals surface area (Å²) < 4.78 is 11.2. The minimum absolute atomic E-state index is 0.0457. The standard InChI is InChI=1S/C21H28O4/c1-5-6-7-8-19(22)24-17-9-10-21(4)12-18-15(11-16(21)14(17)3)13(2)20(23)25-18/h7-8,15-18H,2-3,5-6,9-12H2,1,4H3/b8-7+/t15-,16+,17-,18-,21-/m1/s1. The van der Waals surface area contributed by atoms with Gasteiger partial charge in [0.2, 0.25) is 0 Å². The summed E-state index contributed by atoms with van der Waals surface area (Å²) in [6.07, 6.45) is 8.35. The van der Waals surface area contributed by atoms with Crippen LogP contribution in [-0.2, 0) is 19.1 Å². The van der Waals surface area contributed by atoms with Crippen LogP contribution in [0.5, 0.6) is 0 Å². The summed E-state index contributed by atoms with van der Waals surface area (Å²) in [5.74, 6) is -0.250. The van der Waals surface area contributed by atoms with Crippen molar-refractivity contribution in [3.8, 4) is 0 Å². The van der Waals surface area contributed by atoms with Gasteiger partial charge in [-0.1, -0.05) is 39.5 Å². The molecule has 4 nitrogen and oxygen atoms in total. The summed E-state index contributed by atoms with van der Waals surface area (Å²) in [4.78, 5) is 23.9. The molecular formula is C21H28O4. The number of fused-ring (bicyclic) bond motifs is 2. The van der Waals surface area contributed by atoms with Crippen molar-refractivity contribution < 1.29 is 19.1 Å². The lowest BCUT2D eigenvalue weighted by molar-refractivity contribution is -0.147. The molecule has 1 saturated heterocycles. The normalized spacial score (nSPS) is 37.6. The number of unbranched alkanes of at least 4 members (excludes halogenated alkanes) is 1. The summed E-state index contributed by atoms with van der Waals surface area (Å²) >= 11 is 0. The van der Waals surface area contributed by atoms with Crippen LogP contribution < -0.4 is 0 Å². The molecule has 2 saturated carbocycles. The third-order valence-electron chi connectivity index (χ3n) is 6.22. The van der Waals surface area contributed by atoms with Crippen molar-refractivity contribution in [1.82, 2.24) is 0 Å². The lowest BCUT2D eigenvalue weighted by atomic mass is 9.55. The fourth-order valence-electron chi connectivity index (χ4n) is 4.70. The van der Waals surface area contributed by atoms with Crippen LogP contribution in [0.15, 0.2) is 36.5 Å². The summed E-state index contributed by atoms with van der Waals surface area (Å²) in [7, 11) is 0. The highest BCUT2D eigenvalue weighted by atomic mass is 16.6. The molecule has 0 unspecified atom stereocenters. The molecule has 3 fully saturated rings. The highest BCUT2D eigenvalue weighted by molar-refractivity contribution is 5.90. The molecule has 136 valence electrons. The number of allylic oxidation sites excluding steroid dienone is 1. The van der Waals surface area contributed by atoms with Gasteiger partial charge in [-0.3, -0.25) is 0 Å². The van der Waals surface area contributed by atoms with E-state index in [9.17, 15) is 9.59 Å². The number of rotatable bonds is 4. The first-order valence-corrected chi connectivity index (χ1v) is 9.31. The first-order chi connectivity index (χ1) is 11.9. The van der Waals surface area contributed by atoms with Crippen LogP contribution in [0.4, 0.5) is 0 Å². The first-order valence-electron chi connectivity index (χ1n) is 9.31. The molecule has 0 amide bonds. The number of esters is 2. The Bertz CT molecular complexity index is 632. The van der Waals surface area contributed by atoms with Crippen LogP contribution in [-0.4, -0.2) is 24.1 Å². The van der Waals surface area contributed by atoms with E-state index in [1.165, 1.54) is 6.08 Å². The van der Waals surface area contributed by atoms with E-state index in [0.29, 0.717) is 5.57 Å². The molecule has 5 atom stereocenters. The molecule has 0 aromatic heterocycles. The van der Waals surface area contributed by atoms with Crippen LogP contribution in [0, 0.1) is 17.3 Å². The molecular weight excluding hydrogens is 316 g/mol. The van der Waals surface area contributed by atoms with Crippen LogP contribution >= 0.6 is 0 Å². The highest BCUT2D eigenvalue weighted by Crippen LogP contribution is 2.57. The monoisotopic (exact) mass is 344 g/mol. The SMILES string of the molecule is C=C1C(=O)O[C@@H]2C[C@@]3(C)CC[C@@H](OC(=O)/C=C/CCC)C(=C)[C@@H]3C[C@H]12. The van der Waals surface area contributed by atoms with Gasteiger partial charge in [0, 0.05) is 17.6 Å². The Labute approximate surface area is 150 Å². The lowest BCUT2D eigenvalue weighted by Gasteiger charge is -2.51. The van der Waals surface area contributed by atoms with Crippen molar-refractivity contribution >= 4 is 11.9 Å². The zero-order valence-electron chi connectivity index (χ0n) is 15.3. The van der Waals surface area contributed by atoms with Gasteiger partial charge < -0.3 is 9.47 Å². The van der Waals surface area contributed by atoms with Gasteiger partial charge in [-0.25, -0.2) is 9.59 Å². The maximum Gasteiger partial charge on any atom is 0.334 e. The molecule has 0 aromatic rings. The molecule has 0 spiro atoms. The van der Waals surface area contributed by atoms with Crippen molar-refractivity contribution in [3.63, 3.8) is 0 Å². The van der Waals surface area contributed by atoms with Crippen molar-refractivity contribution in [2.45, 2.75) is 64.6 Å². The van der Waals surface area contributed by atoms with Gasteiger partial charge in [0.25, 0.3) is 0 Å². The Balaban J connectivity index is 1.70. The second-order valence-electron chi connectivity index (χ2n) is 7.95.